The average Bonchev–Trinajstić information content (AvgIpc) is 2.20. The summed E-state index contributed by atoms with van der Waals surface area (Å²) >= 11 is 0. The molecule has 13 heavy (non-hydrogen) atoms. The lowest BCUT2D eigenvalue weighted by Crippen LogP contribution is -2.46. The van der Waals surface area contributed by atoms with Crippen molar-refractivity contribution < 1.29 is 14.6 Å². The number of carbonyl (C=O) groups is 1. The van der Waals surface area contributed by atoms with Gasteiger partial charge in [0.05, 0.1) is 13.7 Å². The number of aliphatic hydroxyl groups excluding tert-OH is 1. The molecule has 0 aromatic rings. The van der Waals surface area contributed by atoms with Gasteiger partial charge >= 0.3 is 5.97 Å². The monoisotopic (exact) mass is 187 g/mol. The maximum Gasteiger partial charge on any atom is 0.325 e. The van der Waals surface area contributed by atoms with E-state index in [-0.39, 0.29) is 12.6 Å². The summed E-state index contributed by atoms with van der Waals surface area (Å²) in [6.07, 6.45) is 3.43. The van der Waals surface area contributed by atoms with E-state index in [2.05, 4.69) is 4.74 Å². The van der Waals surface area contributed by atoms with Crippen LogP contribution in [-0.4, -0.2) is 48.8 Å². The van der Waals surface area contributed by atoms with E-state index in [0.717, 1.165) is 25.9 Å². The van der Waals surface area contributed by atoms with E-state index in [0.29, 0.717) is 0 Å². The largest absolute Gasteiger partial charge is 0.468 e. The maximum atomic E-state index is 11.2. The van der Waals surface area contributed by atoms with Crippen LogP contribution in [0.25, 0.3) is 0 Å². The molecular weight excluding hydrogens is 170 g/mol. The molecule has 0 spiro atoms. The molecule has 4 nitrogen and oxygen atoms in total. The Morgan fingerprint density at radius 3 is 2.54 bits per heavy atom. The normalized spacial score (nSPS) is 21.1. The predicted octanol–water partition coefficient (Wildman–Crippen LogP) is 0.00620. The van der Waals surface area contributed by atoms with Gasteiger partial charge in [-0.05, 0) is 25.9 Å². The third-order valence-electron chi connectivity index (χ3n) is 2.48. The molecule has 0 aromatic carbocycles. The molecule has 0 aliphatic carbocycles. The van der Waals surface area contributed by atoms with E-state index in [4.69, 9.17) is 5.11 Å². The highest BCUT2D eigenvalue weighted by molar-refractivity contribution is 5.75. The van der Waals surface area contributed by atoms with Gasteiger partial charge in [0.2, 0.25) is 0 Å². The molecule has 76 valence electrons. The van der Waals surface area contributed by atoms with Crippen LogP contribution < -0.4 is 0 Å². The third-order valence-corrected chi connectivity index (χ3v) is 2.48. The second kappa shape index (κ2) is 5.19. The number of rotatable bonds is 3. The molecule has 1 unspecified atom stereocenters. The first-order valence-corrected chi connectivity index (χ1v) is 4.72. The summed E-state index contributed by atoms with van der Waals surface area (Å²) in [6.45, 7) is 1.63. The molecule has 1 saturated heterocycles. The smallest absolute Gasteiger partial charge is 0.325 e. The van der Waals surface area contributed by atoms with Gasteiger partial charge < -0.3 is 9.84 Å². The van der Waals surface area contributed by atoms with Crippen LogP contribution in [0.15, 0.2) is 0 Å². The minimum absolute atomic E-state index is 0.146. The van der Waals surface area contributed by atoms with Crippen molar-refractivity contribution in [1.82, 2.24) is 4.90 Å². The van der Waals surface area contributed by atoms with Gasteiger partial charge in [0, 0.05) is 0 Å². The Kier molecular flexibility index (Phi) is 4.18. The number of piperidine rings is 1. The van der Waals surface area contributed by atoms with Crippen LogP contribution in [0.4, 0.5) is 0 Å². The quantitative estimate of drug-likeness (QED) is 0.632. The summed E-state index contributed by atoms with van der Waals surface area (Å²) in [6, 6.07) is -0.453. The number of likely N-dealkylation sites (tertiary alicyclic amines) is 1. The number of hydrogen-bond donors (Lipinski definition) is 1. The highest BCUT2D eigenvalue weighted by Crippen LogP contribution is 2.12. The van der Waals surface area contributed by atoms with Gasteiger partial charge in [-0.3, -0.25) is 9.69 Å². The fourth-order valence-corrected chi connectivity index (χ4v) is 1.71. The Morgan fingerprint density at radius 1 is 1.46 bits per heavy atom. The SMILES string of the molecule is COC(=O)C(CO)N1CCCCC1. The van der Waals surface area contributed by atoms with Crippen LogP contribution in [-0.2, 0) is 9.53 Å². The number of methoxy groups -OCH3 is 1. The molecule has 1 aliphatic rings. The minimum atomic E-state index is -0.453. The molecule has 0 bridgehead atoms. The van der Waals surface area contributed by atoms with Gasteiger partial charge in [0.15, 0.2) is 0 Å². The molecule has 1 heterocycles. The first-order valence-electron chi connectivity index (χ1n) is 4.72. The van der Waals surface area contributed by atoms with Gasteiger partial charge in [-0.1, -0.05) is 6.42 Å². The second-order valence-corrected chi connectivity index (χ2v) is 3.32. The van der Waals surface area contributed by atoms with Crippen molar-refractivity contribution in [3.05, 3.63) is 0 Å². The van der Waals surface area contributed by atoms with Crippen molar-refractivity contribution in [1.29, 1.82) is 0 Å². The zero-order chi connectivity index (χ0) is 9.68. The molecule has 1 N–H and O–H groups in total. The van der Waals surface area contributed by atoms with Gasteiger partial charge in [-0.2, -0.15) is 0 Å². The molecule has 1 rings (SSSR count). The Balaban J connectivity index is 2.48. The summed E-state index contributed by atoms with van der Waals surface area (Å²) in [5.74, 6) is -0.329. The van der Waals surface area contributed by atoms with Crippen LogP contribution in [0.2, 0.25) is 0 Å². The standard InChI is InChI=1S/C9H17NO3/c1-13-9(12)8(7-11)10-5-3-2-4-6-10/h8,11H,2-7H2,1H3. The molecule has 0 aromatic heterocycles. The Labute approximate surface area is 78.5 Å². The summed E-state index contributed by atoms with van der Waals surface area (Å²) in [7, 11) is 1.36. The van der Waals surface area contributed by atoms with Crippen molar-refractivity contribution in [3.63, 3.8) is 0 Å². The Bertz CT molecular complexity index is 166. The lowest BCUT2D eigenvalue weighted by Gasteiger charge is -2.31. The van der Waals surface area contributed by atoms with Gasteiger partial charge in [0.1, 0.15) is 6.04 Å². The molecule has 1 fully saturated rings. The molecule has 0 amide bonds. The fourth-order valence-electron chi connectivity index (χ4n) is 1.71. The van der Waals surface area contributed by atoms with E-state index in [1.54, 1.807) is 0 Å². The molecule has 0 radical (unpaired) electrons. The van der Waals surface area contributed by atoms with Crippen LogP contribution in [0.3, 0.4) is 0 Å². The number of nitrogens with zero attached hydrogens (tertiary/aromatic N) is 1. The topological polar surface area (TPSA) is 49.8 Å². The van der Waals surface area contributed by atoms with E-state index in [1.807, 2.05) is 4.90 Å². The van der Waals surface area contributed by atoms with Crippen LogP contribution in [0.1, 0.15) is 19.3 Å². The molecule has 4 heteroatoms. The van der Waals surface area contributed by atoms with Gasteiger partial charge in [-0.25, -0.2) is 0 Å². The van der Waals surface area contributed by atoms with Gasteiger partial charge in [0.25, 0.3) is 0 Å². The van der Waals surface area contributed by atoms with Crippen molar-refractivity contribution in [3.8, 4) is 0 Å². The fraction of sp³-hybridized carbons (Fsp3) is 0.889. The second-order valence-electron chi connectivity index (χ2n) is 3.32. The van der Waals surface area contributed by atoms with Crippen LogP contribution in [0, 0.1) is 0 Å². The van der Waals surface area contributed by atoms with E-state index in [1.165, 1.54) is 13.5 Å². The number of aliphatic hydroxyl groups is 1. The lowest BCUT2D eigenvalue weighted by atomic mass is 10.1. The van der Waals surface area contributed by atoms with E-state index in [9.17, 15) is 4.79 Å². The molecule has 0 saturated carbocycles. The number of hydrogen-bond acceptors (Lipinski definition) is 4. The average molecular weight is 187 g/mol. The van der Waals surface area contributed by atoms with E-state index < -0.39 is 6.04 Å². The molecule has 1 aliphatic heterocycles. The minimum Gasteiger partial charge on any atom is -0.468 e. The summed E-state index contributed by atoms with van der Waals surface area (Å²) in [5, 5.41) is 9.04. The van der Waals surface area contributed by atoms with Crippen molar-refractivity contribution >= 4 is 5.97 Å². The zero-order valence-electron chi connectivity index (χ0n) is 8.03. The van der Waals surface area contributed by atoms with Crippen molar-refractivity contribution in [2.24, 2.45) is 0 Å². The predicted molar refractivity (Wildman–Crippen MR) is 48.3 cm³/mol. The zero-order valence-corrected chi connectivity index (χ0v) is 8.03. The lowest BCUT2D eigenvalue weighted by molar-refractivity contribution is -0.149. The highest BCUT2D eigenvalue weighted by atomic mass is 16.5. The number of esters is 1. The summed E-state index contributed by atoms with van der Waals surface area (Å²) < 4.78 is 4.62. The highest BCUT2D eigenvalue weighted by Gasteiger charge is 2.26. The third kappa shape index (κ3) is 2.67. The first kappa shape index (κ1) is 10.5. The summed E-state index contributed by atoms with van der Waals surface area (Å²) in [5.41, 5.74) is 0. The van der Waals surface area contributed by atoms with Crippen LogP contribution >= 0.6 is 0 Å². The molecular formula is C9H17NO3. The molecule has 1 atom stereocenters. The maximum absolute atomic E-state index is 11.2. The first-order chi connectivity index (χ1) is 6.29. The van der Waals surface area contributed by atoms with Crippen LogP contribution in [0.5, 0.6) is 0 Å². The van der Waals surface area contributed by atoms with Gasteiger partial charge in [-0.15, -0.1) is 0 Å². The van der Waals surface area contributed by atoms with Crippen molar-refractivity contribution in [2.75, 3.05) is 26.8 Å². The summed E-state index contributed by atoms with van der Waals surface area (Å²) in [4.78, 5) is 13.2. The number of carbonyl (C=O) groups excluding carboxylic acids is 1. The Morgan fingerprint density at radius 2 is 2.08 bits per heavy atom. The van der Waals surface area contributed by atoms with E-state index >= 15 is 0 Å². The number of ether oxygens (including phenoxy) is 1. The van der Waals surface area contributed by atoms with Crippen molar-refractivity contribution in [2.45, 2.75) is 25.3 Å². The Hall–Kier alpha value is -0.610.